The average molecular weight is 385 g/mol. The predicted octanol–water partition coefficient (Wildman–Crippen LogP) is 5.33. The zero-order valence-electron chi connectivity index (χ0n) is 14.2. The first-order valence-corrected chi connectivity index (χ1v) is 8.55. The monoisotopic (exact) mass is 385 g/mol. The Morgan fingerprint density at radius 3 is 1.81 bits per heavy atom. The van der Waals surface area contributed by atoms with Crippen LogP contribution in [0, 0.1) is 0 Å². The zero-order valence-corrected chi connectivity index (χ0v) is 15.0. The number of thiocarbonyl (C=S) groups is 1. The van der Waals surface area contributed by atoms with Gasteiger partial charge in [0, 0.05) is 5.69 Å². The van der Waals surface area contributed by atoms with Crippen molar-refractivity contribution in [2.45, 2.75) is 6.61 Å². The molecule has 0 fully saturated rings. The summed E-state index contributed by atoms with van der Waals surface area (Å²) in [7, 11) is 0. The fourth-order valence-electron chi connectivity index (χ4n) is 2.41. The molecule has 0 amide bonds. The summed E-state index contributed by atoms with van der Waals surface area (Å²) in [5, 5.41) is 5.23. The molecule has 138 valence electrons. The molecule has 0 aromatic heterocycles. The summed E-state index contributed by atoms with van der Waals surface area (Å²) in [5.74, 6) is 0.0876. The minimum Gasteiger partial charge on any atom is -0.435 e. The first kappa shape index (κ1) is 18.6. The fraction of sp³-hybridized carbons (Fsp3) is 0.0500. The molecule has 0 bridgehead atoms. The van der Waals surface area contributed by atoms with Crippen LogP contribution in [0.1, 0.15) is 0 Å². The number of hydrogen-bond acceptors (Lipinski definition) is 3. The number of alkyl halides is 2. The van der Waals surface area contributed by atoms with Gasteiger partial charge in [0.15, 0.2) is 5.11 Å². The molecule has 3 rings (SSSR count). The average Bonchev–Trinajstić information content (AvgIpc) is 2.69. The molecule has 4 nitrogen and oxygen atoms in total. The van der Waals surface area contributed by atoms with Crippen molar-refractivity contribution >= 4 is 34.4 Å². The maximum Gasteiger partial charge on any atom is 0.387 e. The van der Waals surface area contributed by atoms with Crippen molar-refractivity contribution in [3.63, 3.8) is 0 Å². The van der Waals surface area contributed by atoms with Crippen LogP contribution in [0.4, 0.5) is 25.8 Å². The van der Waals surface area contributed by atoms with Crippen LogP contribution in [0.15, 0.2) is 84.9 Å². The van der Waals surface area contributed by atoms with E-state index in [-0.39, 0.29) is 5.75 Å². The minimum absolute atomic E-state index is 0.0876. The van der Waals surface area contributed by atoms with Crippen molar-refractivity contribution in [2.24, 2.45) is 0 Å². The van der Waals surface area contributed by atoms with Crippen molar-refractivity contribution in [2.75, 3.05) is 10.3 Å². The van der Waals surface area contributed by atoms with E-state index in [1.807, 2.05) is 65.7 Å². The highest BCUT2D eigenvalue weighted by Crippen LogP contribution is 2.23. The maximum atomic E-state index is 12.2. The number of benzene rings is 3. The Labute approximate surface area is 161 Å². The molecular formula is C20H17F2N3OS. The van der Waals surface area contributed by atoms with Crippen molar-refractivity contribution in [1.82, 2.24) is 5.43 Å². The smallest absolute Gasteiger partial charge is 0.387 e. The number of nitrogens with zero attached hydrogens (tertiary/aromatic N) is 1. The standard InChI is InChI=1S/C20H17F2N3OS/c21-19(22)26-18-13-11-15(12-14-18)23-20(27)24-25(16-7-3-1-4-8-16)17-9-5-2-6-10-17/h1-14,19H,(H2,23,24,27). The Morgan fingerprint density at radius 2 is 1.33 bits per heavy atom. The van der Waals surface area contributed by atoms with E-state index in [0.717, 1.165) is 11.4 Å². The number of hydrazine groups is 1. The predicted molar refractivity (Wildman–Crippen MR) is 107 cm³/mol. The van der Waals surface area contributed by atoms with Gasteiger partial charge in [-0.1, -0.05) is 36.4 Å². The molecule has 27 heavy (non-hydrogen) atoms. The number of rotatable bonds is 6. The normalized spacial score (nSPS) is 10.3. The lowest BCUT2D eigenvalue weighted by molar-refractivity contribution is -0.0498. The van der Waals surface area contributed by atoms with E-state index in [1.54, 1.807) is 12.1 Å². The summed E-state index contributed by atoms with van der Waals surface area (Å²) < 4.78 is 28.8. The van der Waals surface area contributed by atoms with Gasteiger partial charge in [0.05, 0.1) is 11.4 Å². The molecule has 7 heteroatoms. The first-order chi connectivity index (χ1) is 13.1. The number of anilines is 3. The van der Waals surface area contributed by atoms with Crippen LogP contribution in [0.5, 0.6) is 5.75 Å². The number of nitrogens with one attached hydrogen (secondary N) is 2. The van der Waals surface area contributed by atoms with E-state index in [9.17, 15) is 8.78 Å². The fourth-order valence-corrected chi connectivity index (χ4v) is 2.62. The molecule has 0 spiro atoms. The van der Waals surface area contributed by atoms with Gasteiger partial charge in [0.25, 0.3) is 0 Å². The third kappa shape index (κ3) is 5.39. The Bertz CT molecular complexity index is 822. The molecular weight excluding hydrogens is 368 g/mol. The van der Waals surface area contributed by atoms with Crippen LogP contribution >= 0.6 is 12.2 Å². The second-order valence-electron chi connectivity index (χ2n) is 5.48. The van der Waals surface area contributed by atoms with Crippen LogP contribution in [-0.2, 0) is 0 Å². The van der Waals surface area contributed by atoms with Gasteiger partial charge in [-0.3, -0.25) is 10.4 Å². The van der Waals surface area contributed by atoms with Crippen LogP contribution in [0.2, 0.25) is 0 Å². The van der Waals surface area contributed by atoms with Gasteiger partial charge in [0.2, 0.25) is 0 Å². The minimum atomic E-state index is -2.85. The first-order valence-electron chi connectivity index (χ1n) is 8.14. The number of hydrogen-bond donors (Lipinski definition) is 2. The molecule has 2 N–H and O–H groups in total. The number of para-hydroxylation sites is 2. The highest BCUT2D eigenvalue weighted by molar-refractivity contribution is 7.80. The SMILES string of the molecule is FC(F)Oc1ccc(NC(=S)NN(c2ccccc2)c2ccccc2)cc1. The lowest BCUT2D eigenvalue weighted by atomic mass is 10.2. The third-order valence-corrected chi connectivity index (χ3v) is 3.77. The quantitative estimate of drug-likeness (QED) is 0.443. The van der Waals surface area contributed by atoms with E-state index >= 15 is 0 Å². The van der Waals surface area contributed by atoms with E-state index in [0.29, 0.717) is 10.8 Å². The molecule has 0 heterocycles. The molecule has 3 aromatic rings. The second-order valence-corrected chi connectivity index (χ2v) is 5.88. The van der Waals surface area contributed by atoms with Gasteiger partial charge >= 0.3 is 6.61 Å². The summed E-state index contributed by atoms with van der Waals surface area (Å²) in [4.78, 5) is 0. The molecule has 0 aliphatic carbocycles. The Kier molecular flexibility index (Phi) is 6.17. The summed E-state index contributed by atoms with van der Waals surface area (Å²) in [5.41, 5.74) is 5.62. The van der Waals surface area contributed by atoms with E-state index in [2.05, 4.69) is 15.5 Å². The van der Waals surface area contributed by atoms with Crippen LogP contribution in [-0.4, -0.2) is 11.7 Å². The zero-order chi connectivity index (χ0) is 19.1. The van der Waals surface area contributed by atoms with E-state index in [4.69, 9.17) is 12.2 Å². The topological polar surface area (TPSA) is 36.5 Å². The van der Waals surface area contributed by atoms with Crippen LogP contribution in [0.25, 0.3) is 0 Å². The molecule has 0 aliphatic heterocycles. The highest BCUT2D eigenvalue weighted by Gasteiger charge is 2.11. The van der Waals surface area contributed by atoms with E-state index in [1.165, 1.54) is 12.1 Å². The van der Waals surface area contributed by atoms with Gasteiger partial charge in [-0.15, -0.1) is 0 Å². The van der Waals surface area contributed by atoms with Crippen LogP contribution < -0.4 is 20.5 Å². The van der Waals surface area contributed by atoms with Gasteiger partial charge < -0.3 is 10.1 Å². The van der Waals surface area contributed by atoms with Crippen molar-refractivity contribution < 1.29 is 13.5 Å². The molecule has 0 atom stereocenters. The Hall–Kier alpha value is -3.19. The molecule has 0 saturated carbocycles. The lowest BCUT2D eigenvalue weighted by Gasteiger charge is -2.27. The van der Waals surface area contributed by atoms with Crippen molar-refractivity contribution in [1.29, 1.82) is 0 Å². The number of halogens is 2. The number of ether oxygens (including phenoxy) is 1. The van der Waals surface area contributed by atoms with E-state index < -0.39 is 6.61 Å². The molecule has 3 aromatic carbocycles. The van der Waals surface area contributed by atoms with Crippen LogP contribution in [0.3, 0.4) is 0 Å². The molecule has 0 radical (unpaired) electrons. The largest absolute Gasteiger partial charge is 0.435 e. The lowest BCUT2D eigenvalue weighted by Crippen LogP contribution is -2.41. The van der Waals surface area contributed by atoms with Crippen molar-refractivity contribution in [3.8, 4) is 5.75 Å². The molecule has 0 unspecified atom stereocenters. The summed E-state index contributed by atoms with van der Waals surface area (Å²) in [6.45, 7) is -2.85. The second kappa shape index (κ2) is 8.95. The highest BCUT2D eigenvalue weighted by atomic mass is 32.1. The Balaban J connectivity index is 1.71. The summed E-state index contributed by atoms with van der Waals surface area (Å²) in [6.07, 6.45) is 0. The van der Waals surface area contributed by atoms with Gasteiger partial charge in [-0.05, 0) is 60.7 Å². The Morgan fingerprint density at radius 1 is 0.815 bits per heavy atom. The van der Waals surface area contributed by atoms with Gasteiger partial charge in [-0.25, -0.2) is 0 Å². The van der Waals surface area contributed by atoms with Gasteiger partial charge in [-0.2, -0.15) is 8.78 Å². The summed E-state index contributed by atoms with van der Waals surface area (Å²) in [6, 6.07) is 25.6. The van der Waals surface area contributed by atoms with Crippen molar-refractivity contribution in [3.05, 3.63) is 84.9 Å². The summed E-state index contributed by atoms with van der Waals surface area (Å²) >= 11 is 5.40. The molecule has 0 saturated heterocycles. The van der Waals surface area contributed by atoms with Gasteiger partial charge in [0.1, 0.15) is 5.75 Å². The third-order valence-electron chi connectivity index (χ3n) is 3.58. The maximum absolute atomic E-state index is 12.2. The molecule has 0 aliphatic rings.